The third-order valence-electron chi connectivity index (χ3n) is 5.31. The second kappa shape index (κ2) is 8.29. The Morgan fingerprint density at radius 3 is 2.07 bits per heavy atom. The SMILES string of the molecule is Cc1ccc(N2C(=O)C(=O)C(C(=O)/C=C/c3ccccc3)C2c2ccccc2)cc1. The average Bonchev–Trinajstić information content (AvgIpc) is 3.05. The highest BCUT2D eigenvalue weighted by Gasteiger charge is 2.51. The molecule has 1 aliphatic heterocycles. The zero-order chi connectivity index (χ0) is 21.1. The third kappa shape index (κ3) is 3.72. The van der Waals surface area contributed by atoms with Crippen LogP contribution in [0.2, 0.25) is 0 Å². The lowest BCUT2D eigenvalue weighted by atomic mass is 9.88. The van der Waals surface area contributed by atoms with Gasteiger partial charge in [-0.3, -0.25) is 19.3 Å². The zero-order valence-electron chi connectivity index (χ0n) is 16.6. The summed E-state index contributed by atoms with van der Waals surface area (Å²) in [6, 6.07) is 25.4. The van der Waals surface area contributed by atoms with E-state index in [9.17, 15) is 14.4 Å². The first-order chi connectivity index (χ1) is 14.6. The molecule has 4 rings (SSSR count). The highest BCUT2D eigenvalue weighted by Crippen LogP contribution is 2.40. The summed E-state index contributed by atoms with van der Waals surface area (Å²) in [5, 5.41) is 0. The Morgan fingerprint density at radius 2 is 1.43 bits per heavy atom. The molecular formula is C26H21NO3. The molecule has 0 N–H and O–H groups in total. The first-order valence-corrected chi connectivity index (χ1v) is 9.82. The van der Waals surface area contributed by atoms with Gasteiger partial charge in [0.25, 0.3) is 5.91 Å². The van der Waals surface area contributed by atoms with Gasteiger partial charge in [-0.25, -0.2) is 0 Å². The molecule has 1 fully saturated rings. The van der Waals surface area contributed by atoms with Crippen molar-refractivity contribution in [1.29, 1.82) is 0 Å². The van der Waals surface area contributed by atoms with E-state index in [-0.39, 0.29) is 5.78 Å². The smallest absolute Gasteiger partial charge is 0.295 e. The van der Waals surface area contributed by atoms with E-state index in [0.29, 0.717) is 5.69 Å². The van der Waals surface area contributed by atoms with Gasteiger partial charge in [-0.1, -0.05) is 84.4 Å². The number of ketones is 2. The number of anilines is 1. The lowest BCUT2D eigenvalue weighted by Gasteiger charge is -2.27. The summed E-state index contributed by atoms with van der Waals surface area (Å²) in [4.78, 5) is 40.5. The van der Waals surface area contributed by atoms with Crippen molar-refractivity contribution >= 4 is 29.2 Å². The van der Waals surface area contributed by atoms with E-state index in [1.54, 1.807) is 6.08 Å². The second-order valence-corrected chi connectivity index (χ2v) is 7.35. The molecule has 2 unspecified atom stereocenters. The number of allylic oxidation sites excluding steroid dienone is 1. The molecule has 3 aromatic carbocycles. The number of amides is 1. The lowest BCUT2D eigenvalue weighted by molar-refractivity contribution is -0.138. The number of rotatable bonds is 5. The van der Waals surface area contributed by atoms with Gasteiger partial charge >= 0.3 is 0 Å². The van der Waals surface area contributed by atoms with Crippen LogP contribution in [-0.4, -0.2) is 17.5 Å². The van der Waals surface area contributed by atoms with Crippen molar-refractivity contribution in [2.75, 3.05) is 4.90 Å². The normalized spacial score (nSPS) is 18.9. The molecule has 1 amide bonds. The minimum absolute atomic E-state index is 0.374. The highest BCUT2D eigenvalue weighted by molar-refractivity contribution is 6.48. The van der Waals surface area contributed by atoms with E-state index in [2.05, 4.69) is 0 Å². The van der Waals surface area contributed by atoms with Gasteiger partial charge in [0.1, 0.15) is 5.92 Å². The van der Waals surface area contributed by atoms with Crippen LogP contribution in [0.1, 0.15) is 22.7 Å². The number of hydrogen-bond donors (Lipinski definition) is 0. The van der Waals surface area contributed by atoms with Crippen LogP contribution >= 0.6 is 0 Å². The molecule has 1 saturated heterocycles. The maximum absolute atomic E-state index is 13.1. The Morgan fingerprint density at radius 1 is 0.833 bits per heavy atom. The van der Waals surface area contributed by atoms with Crippen LogP contribution in [0.15, 0.2) is 91.0 Å². The average molecular weight is 395 g/mol. The summed E-state index contributed by atoms with van der Waals surface area (Å²) in [5.41, 5.74) is 3.26. The van der Waals surface area contributed by atoms with Crippen molar-refractivity contribution in [3.8, 4) is 0 Å². The fourth-order valence-corrected chi connectivity index (χ4v) is 3.78. The van der Waals surface area contributed by atoms with Gasteiger partial charge in [0.05, 0.1) is 6.04 Å². The molecule has 30 heavy (non-hydrogen) atoms. The van der Waals surface area contributed by atoms with Crippen LogP contribution in [0.25, 0.3) is 6.08 Å². The molecule has 4 heteroatoms. The van der Waals surface area contributed by atoms with Crippen molar-refractivity contribution in [2.45, 2.75) is 13.0 Å². The molecule has 0 aromatic heterocycles. The Bertz CT molecular complexity index is 1100. The molecule has 0 aliphatic carbocycles. The predicted molar refractivity (Wildman–Crippen MR) is 117 cm³/mol. The summed E-state index contributed by atoms with van der Waals surface area (Å²) in [7, 11) is 0. The standard InChI is InChI=1S/C26H21NO3/c1-18-12-15-21(16-13-18)27-24(20-10-6-3-7-11-20)23(25(29)26(27)30)22(28)17-14-19-8-4-2-5-9-19/h2-17,23-24H,1H3/b17-14+. The van der Waals surface area contributed by atoms with Crippen molar-refractivity contribution < 1.29 is 14.4 Å². The van der Waals surface area contributed by atoms with Crippen LogP contribution in [0.3, 0.4) is 0 Å². The van der Waals surface area contributed by atoms with Crippen molar-refractivity contribution in [3.63, 3.8) is 0 Å². The number of nitrogens with zero attached hydrogens (tertiary/aromatic N) is 1. The van der Waals surface area contributed by atoms with Crippen LogP contribution in [0.4, 0.5) is 5.69 Å². The van der Waals surface area contributed by atoms with Crippen LogP contribution in [0.5, 0.6) is 0 Å². The van der Waals surface area contributed by atoms with Crippen LogP contribution < -0.4 is 4.90 Å². The van der Waals surface area contributed by atoms with Gasteiger partial charge in [-0.15, -0.1) is 0 Å². The summed E-state index contributed by atoms with van der Waals surface area (Å²) < 4.78 is 0. The van der Waals surface area contributed by atoms with Gasteiger partial charge in [0.15, 0.2) is 5.78 Å². The molecule has 0 radical (unpaired) electrons. The summed E-state index contributed by atoms with van der Waals surface area (Å²) in [6.45, 7) is 1.95. The number of benzene rings is 3. The number of carbonyl (C=O) groups excluding carboxylic acids is 3. The molecule has 0 spiro atoms. The fraction of sp³-hybridized carbons (Fsp3) is 0.115. The fourth-order valence-electron chi connectivity index (χ4n) is 3.78. The summed E-state index contributed by atoms with van der Waals surface area (Å²) >= 11 is 0. The predicted octanol–water partition coefficient (Wildman–Crippen LogP) is 4.55. The highest BCUT2D eigenvalue weighted by atomic mass is 16.2. The van der Waals surface area contributed by atoms with Crippen molar-refractivity contribution in [3.05, 3.63) is 108 Å². The molecule has 148 valence electrons. The number of aryl methyl sites for hydroxylation is 1. The second-order valence-electron chi connectivity index (χ2n) is 7.35. The number of hydrogen-bond acceptors (Lipinski definition) is 3. The molecular weight excluding hydrogens is 374 g/mol. The van der Waals surface area contributed by atoms with E-state index in [4.69, 9.17) is 0 Å². The Hall–Kier alpha value is -3.79. The maximum atomic E-state index is 13.1. The Kier molecular flexibility index (Phi) is 5.40. The zero-order valence-corrected chi connectivity index (χ0v) is 16.6. The number of carbonyl (C=O) groups is 3. The molecule has 3 aromatic rings. The minimum atomic E-state index is -1.08. The monoisotopic (exact) mass is 395 g/mol. The van der Waals surface area contributed by atoms with Gasteiger partial charge in [-0.05, 0) is 36.3 Å². The quantitative estimate of drug-likeness (QED) is 0.362. The largest absolute Gasteiger partial charge is 0.297 e. The molecule has 1 heterocycles. The van der Waals surface area contributed by atoms with E-state index >= 15 is 0 Å². The van der Waals surface area contributed by atoms with Gasteiger partial charge < -0.3 is 0 Å². The van der Waals surface area contributed by atoms with Crippen LogP contribution in [-0.2, 0) is 14.4 Å². The third-order valence-corrected chi connectivity index (χ3v) is 5.31. The maximum Gasteiger partial charge on any atom is 0.295 e. The van der Waals surface area contributed by atoms with E-state index < -0.39 is 23.7 Å². The summed E-state index contributed by atoms with van der Waals surface area (Å²) in [5.74, 6) is -2.78. The summed E-state index contributed by atoms with van der Waals surface area (Å²) in [6.07, 6.45) is 3.08. The lowest BCUT2D eigenvalue weighted by Crippen LogP contribution is -2.30. The topological polar surface area (TPSA) is 54.5 Å². The van der Waals surface area contributed by atoms with Crippen molar-refractivity contribution in [1.82, 2.24) is 0 Å². The van der Waals surface area contributed by atoms with E-state index in [0.717, 1.165) is 16.7 Å². The van der Waals surface area contributed by atoms with Crippen LogP contribution in [0, 0.1) is 12.8 Å². The van der Waals surface area contributed by atoms with E-state index in [1.165, 1.54) is 11.0 Å². The molecule has 1 aliphatic rings. The van der Waals surface area contributed by atoms with Gasteiger partial charge in [0.2, 0.25) is 5.78 Å². The number of Topliss-reactive ketones (excluding diaryl/α,β-unsaturated/α-hetero) is 1. The van der Waals surface area contributed by atoms with Gasteiger partial charge in [-0.2, -0.15) is 0 Å². The Labute approximate surface area is 175 Å². The van der Waals surface area contributed by atoms with Crippen molar-refractivity contribution in [2.24, 2.45) is 5.92 Å². The minimum Gasteiger partial charge on any atom is -0.297 e. The first-order valence-electron chi connectivity index (χ1n) is 9.82. The first kappa shape index (κ1) is 19.5. The molecule has 2 atom stereocenters. The van der Waals surface area contributed by atoms with E-state index in [1.807, 2.05) is 91.9 Å². The molecule has 0 saturated carbocycles. The molecule has 4 nitrogen and oxygen atoms in total. The molecule has 0 bridgehead atoms. The Balaban J connectivity index is 1.75. The van der Waals surface area contributed by atoms with Gasteiger partial charge in [0, 0.05) is 5.69 Å².